The molecule has 1 heterocycles. The van der Waals surface area contributed by atoms with Crippen LogP contribution in [0.3, 0.4) is 0 Å². The molecular weight excluding hydrogens is 737 g/mol. The summed E-state index contributed by atoms with van der Waals surface area (Å²) < 4.78 is 6.77. The fraction of sp³-hybridized carbons (Fsp3) is 0.0333. The van der Waals surface area contributed by atoms with Crippen molar-refractivity contribution in [2.75, 3.05) is 0 Å². The molecule has 10 aromatic carbocycles. The van der Waals surface area contributed by atoms with Crippen molar-refractivity contribution in [3.8, 4) is 67.1 Å². The molecule has 10 aromatic rings. The van der Waals surface area contributed by atoms with Gasteiger partial charge in [0.2, 0.25) is 0 Å². The van der Waals surface area contributed by atoms with E-state index in [1.165, 1.54) is 111 Å². The number of fused-ring (bicyclic) bond motifs is 20. The highest BCUT2D eigenvalue weighted by atomic mass is 16.5. The number of hydrogen-bond donors (Lipinski definition) is 0. The minimum absolute atomic E-state index is 0.424. The van der Waals surface area contributed by atoms with Gasteiger partial charge in [0, 0.05) is 11.1 Å². The molecule has 0 aromatic heterocycles. The normalized spacial score (nSPS) is 16.2. The molecule has 1 aliphatic heterocycles. The van der Waals surface area contributed by atoms with Gasteiger partial charge in [-0.25, -0.2) is 0 Å². The molecule has 0 saturated heterocycles. The van der Waals surface area contributed by atoms with Crippen molar-refractivity contribution in [3.05, 3.63) is 263 Å². The molecule has 4 aliphatic rings. The van der Waals surface area contributed by atoms with Crippen molar-refractivity contribution in [2.24, 2.45) is 0 Å². The molecule has 0 radical (unpaired) electrons. The third kappa shape index (κ3) is 4.15. The Morgan fingerprint density at radius 2 is 0.639 bits per heavy atom. The van der Waals surface area contributed by atoms with Gasteiger partial charge in [0.25, 0.3) is 0 Å². The molecule has 1 unspecified atom stereocenters. The summed E-state index contributed by atoms with van der Waals surface area (Å²) in [5.74, 6) is 1.81. The van der Waals surface area contributed by atoms with Crippen LogP contribution in [-0.4, -0.2) is 0 Å². The Hall–Kier alpha value is -7.74. The molecule has 0 saturated carbocycles. The van der Waals surface area contributed by atoms with Gasteiger partial charge >= 0.3 is 0 Å². The second kappa shape index (κ2) is 11.9. The highest BCUT2D eigenvalue weighted by molar-refractivity contribution is 6.00. The Kier molecular flexibility index (Phi) is 6.48. The van der Waals surface area contributed by atoms with Crippen LogP contribution >= 0.6 is 0 Å². The summed E-state index contributed by atoms with van der Waals surface area (Å²) in [5, 5.41) is 2.55. The van der Waals surface area contributed by atoms with Gasteiger partial charge in [0.1, 0.15) is 11.5 Å². The van der Waals surface area contributed by atoms with Gasteiger partial charge in [-0.3, -0.25) is 0 Å². The van der Waals surface area contributed by atoms with Crippen LogP contribution in [0.4, 0.5) is 0 Å². The van der Waals surface area contributed by atoms with E-state index < -0.39 is 10.8 Å². The summed E-state index contributed by atoms with van der Waals surface area (Å²) in [4.78, 5) is 0. The largest absolute Gasteiger partial charge is 0.457 e. The number of benzene rings is 10. The minimum Gasteiger partial charge on any atom is -0.457 e. The first-order chi connectivity index (χ1) is 30.2. The fourth-order valence-electron chi connectivity index (χ4n) is 11.9. The van der Waals surface area contributed by atoms with E-state index >= 15 is 0 Å². The first-order valence-corrected chi connectivity index (χ1v) is 21.3. The van der Waals surface area contributed by atoms with Crippen LogP contribution in [0.15, 0.2) is 218 Å². The molecule has 1 nitrogen and oxygen atoms in total. The lowest BCUT2D eigenvalue weighted by atomic mass is 9.66. The van der Waals surface area contributed by atoms with E-state index in [1.807, 2.05) is 0 Å². The van der Waals surface area contributed by atoms with Gasteiger partial charge in [0.05, 0.1) is 10.8 Å². The van der Waals surface area contributed by atoms with Crippen LogP contribution in [0, 0.1) is 0 Å². The minimum atomic E-state index is -0.506. The van der Waals surface area contributed by atoms with Gasteiger partial charge in [-0.2, -0.15) is 0 Å². The predicted molar refractivity (Wildman–Crippen MR) is 248 cm³/mol. The van der Waals surface area contributed by atoms with E-state index in [0.717, 1.165) is 11.5 Å². The maximum absolute atomic E-state index is 6.77. The summed E-state index contributed by atoms with van der Waals surface area (Å²) in [7, 11) is 0. The molecule has 0 bridgehead atoms. The lowest BCUT2D eigenvalue weighted by Crippen LogP contribution is -2.32. The van der Waals surface area contributed by atoms with Crippen LogP contribution in [0.2, 0.25) is 0 Å². The molecule has 3 aliphatic carbocycles. The quantitative estimate of drug-likeness (QED) is 0.170. The van der Waals surface area contributed by atoms with Crippen molar-refractivity contribution in [2.45, 2.75) is 10.8 Å². The summed E-state index contributed by atoms with van der Waals surface area (Å²) in [6.45, 7) is 0. The van der Waals surface area contributed by atoms with Crippen LogP contribution in [-0.2, 0) is 10.8 Å². The van der Waals surface area contributed by atoms with Gasteiger partial charge in [-0.15, -0.1) is 0 Å². The molecule has 0 fully saturated rings. The van der Waals surface area contributed by atoms with Crippen molar-refractivity contribution in [3.63, 3.8) is 0 Å². The molecule has 14 rings (SSSR count). The number of rotatable bonds is 2. The molecule has 1 heteroatoms. The second-order valence-electron chi connectivity index (χ2n) is 17.1. The summed E-state index contributed by atoms with van der Waals surface area (Å²) in [6, 6.07) is 81.5. The zero-order chi connectivity index (χ0) is 39.9. The first kappa shape index (κ1) is 33.1. The zero-order valence-electron chi connectivity index (χ0n) is 33.2. The highest BCUT2D eigenvalue weighted by Crippen LogP contribution is 2.65. The molecule has 1 atom stereocenters. The van der Waals surface area contributed by atoms with Crippen molar-refractivity contribution >= 4 is 10.8 Å². The van der Waals surface area contributed by atoms with E-state index in [2.05, 4.69) is 218 Å². The summed E-state index contributed by atoms with van der Waals surface area (Å²) >= 11 is 0. The van der Waals surface area contributed by atoms with Crippen molar-refractivity contribution < 1.29 is 4.74 Å². The number of para-hydroxylation sites is 1. The zero-order valence-corrected chi connectivity index (χ0v) is 33.2. The van der Waals surface area contributed by atoms with Crippen molar-refractivity contribution in [1.29, 1.82) is 0 Å². The molecule has 2 spiro atoms. The molecule has 282 valence electrons. The van der Waals surface area contributed by atoms with E-state index in [-0.39, 0.29) is 0 Å². The maximum atomic E-state index is 6.77. The highest BCUT2D eigenvalue weighted by Gasteiger charge is 2.53. The number of hydrogen-bond acceptors (Lipinski definition) is 1. The van der Waals surface area contributed by atoms with Gasteiger partial charge < -0.3 is 4.74 Å². The van der Waals surface area contributed by atoms with Gasteiger partial charge in [-0.05, 0) is 142 Å². The van der Waals surface area contributed by atoms with Crippen LogP contribution in [0.5, 0.6) is 11.5 Å². The third-order valence-corrected chi connectivity index (χ3v) is 14.3. The van der Waals surface area contributed by atoms with Gasteiger partial charge in [-0.1, -0.05) is 176 Å². The van der Waals surface area contributed by atoms with Crippen LogP contribution in [0.25, 0.3) is 66.4 Å². The molecule has 0 N–H and O–H groups in total. The lowest BCUT2D eigenvalue weighted by molar-refractivity contribution is 0.436. The fourth-order valence-corrected chi connectivity index (χ4v) is 11.9. The van der Waals surface area contributed by atoms with E-state index in [0.29, 0.717) is 0 Å². The third-order valence-electron chi connectivity index (χ3n) is 14.3. The Morgan fingerprint density at radius 3 is 1.26 bits per heavy atom. The van der Waals surface area contributed by atoms with E-state index in [1.54, 1.807) is 0 Å². The summed E-state index contributed by atoms with van der Waals surface area (Å²) in [5.41, 5.74) is 22.1. The lowest BCUT2D eigenvalue weighted by Gasteiger charge is -2.39. The second-order valence-corrected chi connectivity index (χ2v) is 17.1. The van der Waals surface area contributed by atoms with Gasteiger partial charge in [0.15, 0.2) is 0 Å². The maximum Gasteiger partial charge on any atom is 0.132 e. The molecular formula is C60H36O. The average molecular weight is 773 g/mol. The predicted octanol–water partition coefficient (Wildman–Crippen LogP) is 15.0. The Balaban J connectivity index is 0.956. The van der Waals surface area contributed by atoms with E-state index in [9.17, 15) is 0 Å². The Labute approximate surface area is 354 Å². The van der Waals surface area contributed by atoms with Crippen molar-refractivity contribution in [1.82, 2.24) is 0 Å². The number of ether oxygens (including phenoxy) is 1. The standard InChI is InChI=1S/C60H36O/c1-2-15-40-34-55-48(33-39(40)14-1)46-21-6-10-25-52(46)60(55)51-24-9-5-20-45(51)47-30-28-41(35-54(47)60)37-16-13-17-38(32-37)42-29-31-58-56(36-42)59(53-26-11-12-27-57(53)61-58)49-22-7-3-18-43(49)44-19-4-8-23-50(44)59/h1-36H. The van der Waals surface area contributed by atoms with E-state index in [4.69, 9.17) is 4.74 Å². The molecule has 0 amide bonds. The molecule has 61 heavy (non-hydrogen) atoms. The first-order valence-electron chi connectivity index (χ1n) is 21.3. The summed E-state index contributed by atoms with van der Waals surface area (Å²) in [6.07, 6.45) is 0. The SMILES string of the molecule is c1cc(-c2ccc3c(c2)C2(c4ccccc4O3)c3ccccc3-c3ccccc32)cc(-c2ccc3c(c2)C2(c4ccccc4-3)c3ccccc3-c3cc4ccccc4cc32)c1. The van der Waals surface area contributed by atoms with Crippen LogP contribution < -0.4 is 4.74 Å². The smallest absolute Gasteiger partial charge is 0.132 e. The average Bonchev–Trinajstić information content (AvgIpc) is 3.90. The Bertz CT molecular complexity index is 3490. The van der Waals surface area contributed by atoms with Crippen LogP contribution in [0.1, 0.15) is 44.5 Å². The topological polar surface area (TPSA) is 9.23 Å². The monoisotopic (exact) mass is 772 g/mol. The Morgan fingerprint density at radius 1 is 0.230 bits per heavy atom.